The minimum absolute atomic E-state index is 0.103. The van der Waals surface area contributed by atoms with E-state index >= 15 is 0 Å². The van der Waals surface area contributed by atoms with Crippen LogP contribution in [0, 0.1) is 5.41 Å². The zero-order valence-electron chi connectivity index (χ0n) is 9.77. The van der Waals surface area contributed by atoms with Crippen molar-refractivity contribution >= 4 is 23.4 Å². The third kappa shape index (κ3) is 3.00. The van der Waals surface area contributed by atoms with E-state index in [2.05, 4.69) is 14.9 Å². The summed E-state index contributed by atoms with van der Waals surface area (Å²) in [6.07, 6.45) is 0.933. The smallest absolute Gasteiger partial charge is 0.311 e. The maximum atomic E-state index is 11.6. The molecule has 6 nitrogen and oxygen atoms in total. The first kappa shape index (κ1) is 13.6. The lowest BCUT2D eigenvalue weighted by molar-refractivity contribution is -0.149. The van der Waals surface area contributed by atoms with Gasteiger partial charge in [-0.2, -0.15) is 0 Å². The van der Waals surface area contributed by atoms with Crippen LogP contribution in [0.3, 0.4) is 0 Å². The largest absolute Gasteiger partial charge is 0.481 e. The Morgan fingerprint density at radius 1 is 1.47 bits per heavy atom. The highest BCUT2D eigenvalue weighted by Gasteiger charge is 2.35. The van der Waals surface area contributed by atoms with Crippen molar-refractivity contribution in [2.45, 2.75) is 26.7 Å². The number of hydrogen-bond acceptors (Lipinski definition) is 5. The topological polar surface area (TPSA) is 92.2 Å². The summed E-state index contributed by atoms with van der Waals surface area (Å²) in [6.45, 7) is 3.70. The van der Waals surface area contributed by atoms with Crippen molar-refractivity contribution in [3.05, 3.63) is 11.1 Å². The summed E-state index contributed by atoms with van der Waals surface area (Å²) < 4.78 is 3.58. The molecule has 0 spiro atoms. The normalized spacial score (nSPS) is 11.2. The van der Waals surface area contributed by atoms with Crippen molar-refractivity contribution < 1.29 is 14.7 Å². The van der Waals surface area contributed by atoms with Crippen molar-refractivity contribution in [3.63, 3.8) is 0 Å². The molecule has 2 N–H and O–H groups in total. The summed E-state index contributed by atoms with van der Waals surface area (Å²) in [7, 11) is 0. The van der Waals surface area contributed by atoms with Gasteiger partial charge in [-0.05, 0) is 24.4 Å². The zero-order valence-corrected chi connectivity index (χ0v) is 10.6. The molecule has 0 radical (unpaired) electrons. The minimum Gasteiger partial charge on any atom is -0.481 e. The Labute approximate surface area is 103 Å². The van der Waals surface area contributed by atoms with Crippen molar-refractivity contribution in [3.8, 4) is 0 Å². The van der Waals surface area contributed by atoms with E-state index in [1.807, 2.05) is 0 Å². The van der Waals surface area contributed by atoms with Crippen LogP contribution in [-0.4, -0.2) is 33.1 Å². The van der Waals surface area contributed by atoms with Crippen LogP contribution in [-0.2, 0) is 4.79 Å². The lowest BCUT2D eigenvalue weighted by Crippen LogP contribution is -2.42. The van der Waals surface area contributed by atoms with E-state index in [1.54, 1.807) is 13.8 Å². The first-order valence-corrected chi connectivity index (χ1v) is 6.18. The van der Waals surface area contributed by atoms with Gasteiger partial charge in [-0.1, -0.05) is 18.3 Å². The third-order valence-electron chi connectivity index (χ3n) is 2.99. The van der Waals surface area contributed by atoms with Crippen LogP contribution >= 0.6 is 11.5 Å². The predicted molar refractivity (Wildman–Crippen MR) is 62.9 cm³/mol. The fourth-order valence-corrected chi connectivity index (χ4v) is 1.92. The number of carbonyl (C=O) groups is 2. The van der Waals surface area contributed by atoms with E-state index in [4.69, 9.17) is 0 Å². The number of nitrogens with zero attached hydrogens (tertiary/aromatic N) is 2. The first-order valence-electron chi connectivity index (χ1n) is 5.34. The molecule has 7 heteroatoms. The number of carbonyl (C=O) groups excluding carboxylic acids is 1. The zero-order chi connectivity index (χ0) is 12.9. The summed E-state index contributed by atoms with van der Waals surface area (Å²) >= 11 is 1.08. The lowest BCUT2D eigenvalue weighted by Gasteiger charge is -2.26. The molecule has 1 aromatic rings. The van der Waals surface area contributed by atoms with Gasteiger partial charge in [-0.15, -0.1) is 5.10 Å². The van der Waals surface area contributed by atoms with Crippen LogP contribution in [0.15, 0.2) is 5.38 Å². The Morgan fingerprint density at radius 3 is 2.53 bits per heavy atom. The first-order chi connectivity index (χ1) is 8.05. The Kier molecular flexibility index (Phi) is 4.56. The molecule has 17 heavy (non-hydrogen) atoms. The Hall–Kier alpha value is -1.50. The summed E-state index contributed by atoms with van der Waals surface area (Å²) in [5, 5.41) is 16.9. The van der Waals surface area contributed by atoms with Crippen molar-refractivity contribution in [2.24, 2.45) is 5.41 Å². The average molecular weight is 257 g/mol. The predicted octanol–water partition coefficient (Wildman–Crippen LogP) is 1.16. The molecule has 0 saturated heterocycles. The van der Waals surface area contributed by atoms with Gasteiger partial charge >= 0.3 is 5.97 Å². The minimum atomic E-state index is -0.904. The van der Waals surface area contributed by atoms with Gasteiger partial charge in [0.15, 0.2) is 5.69 Å². The van der Waals surface area contributed by atoms with Gasteiger partial charge in [0, 0.05) is 11.9 Å². The Morgan fingerprint density at radius 2 is 2.12 bits per heavy atom. The fourth-order valence-electron chi connectivity index (χ4n) is 1.48. The van der Waals surface area contributed by atoms with Gasteiger partial charge in [0.1, 0.15) is 0 Å². The van der Waals surface area contributed by atoms with E-state index in [0.717, 1.165) is 11.5 Å². The quantitative estimate of drug-likeness (QED) is 0.797. The van der Waals surface area contributed by atoms with Crippen LogP contribution in [0.5, 0.6) is 0 Å². The monoisotopic (exact) mass is 257 g/mol. The number of nitrogens with one attached hydrogen (secondary N) is 1. The van der Waals surface area contributed by atoms with Crippen LogP contribution in [0.2, 0.25) is 0 Å². The third-order valence-corrected chi connectivity index (χ3v) is 3.49. The molecule has 0 aliphatic rings. The van der Waals surface area contributed by atoms with E-state index in [0.29, 0.717) is 12.8 Å². The standard InChI is InChI=1S/C10H15N3O3S/c1-3-10(4-2,9(15)16)6-11-8(14)7-5-17-13-12-7/h5H,3-4,6H2,1-2H3,(H,11,14)(H,15,16). The second kappa shape index (κ2) is 5.72. The Bertz CT molecular complexity index is 388. The highest BCUT2D eigenvalue weighted by Crippen LogP contribution is 2.25. The molecule has 0 aliphatic heterocycles. The summed E-state index contributed by atoms with van der Waals surface area (Å²) in [5.74, 6) is -1.27. The molecular weight excluding hydrogens is 242 g/mol. The van der Waals surface area contributed by atoms with E-state index in [-0.39, 0.29) is 18.1 Å². The number of amides is 1. The average Bonchev–Trinajstić information content (AvgIpc) is 2.84. The second-order valence-corrected chi connectivity index (χ2v) is 4.38. The van der Waals surface area contributed by atoms with Gasteiger partial charge in [0.25, 0.3) is 5.91 Å². The SMILES string of the molecule is CCC(CC)(CNC(=O)c1csnn1)C(=O)O. The van der Waals surface area contributed by atoms with Gasteiger partial charge in [0.05, 0.1) is 5.41 Å². The van der Waals surface area contributed by atoms with E-state index in [9.17, 15) is 14.7 Å². The molecule has 1 aromatic heterocycles. The number of carboxylic acids is 1. The molecular formula is C10H15N3O3S. The molecule has 0 bridgehead atoms. The van der Waals surface area contributed by atoms with Gasteiger partial charge < -0.3 is 10.4 Å². The molecule has 1 rings (SSSR count). The molecule has 0 fully saturated rings. The number of aromatic nitrogens is 2. The van der Waals surface area contributed by atoms with Crippen LogP contribution < -0.4 is 5.32 Å². The number of aliphatic carboxylic acids is 1. The van der Waals surface area contributed by atoms with Crippen molar-refractivity contribution in [1.29, 1.82) is 0 Å². The van der Waals surface area contributed by atoms with Crippen LogP contribution in [0.25, 0.3) is 0 Å². The Balaban J connectivity index is 2.65. The molecule has 1 heterocycles. The summed E-state index contributed by atoms with van der Waals surface area (Å²) in [4.78, 5) is 22.8. The lowest BCUT2D eigenvalue weighted by atomic mass is 9.82. The molecule has 94 valence electrons. The molecule has 1 amide bonds. The van der Waals surface area contributed by atoms with Crippen molar-refractivity contribution in [1.82, 2.24) is 14.9 Å². The van der Waals surface area contributed by atoms with Gasteiger partial charge in [-0.25, -0.2) is 0 Å². The molecule has 0 aromatic carbocycles. The number of rotatable bonds is 6. The highest BCUT2D eigenvalue weighted by molar-refractivity contribution is 7.03. The van der Waals surface area contributed by atoms with Gasteiger partial charge in [-0.3, -0.25) is 9.59 Å². The molecule has 0 aliphatic carbocycles. The van der Waals surface area contributed by atoms with E-state index in [1.165, 1.54) is 5.38 Å². The fraction of sp³-hybridized carbons (Fsp3) is 0.600. The van der Waals surface area contributed by atoms with Crippen molar-refractivity contribution in [2.75, 3.05) is 6.54 Å². The molecule has 0 atom stereocenters. The number of hydrogen-bond donors (Lipinski definition) is 2. The second-order valence-electron chi connectivity index (χ2n) is 3.77. The number of carboxylic acid groups (broad SMARTS) is 1. The van der Waals surface area contributed by atoms with Gasteiger partial charge in [0.2, 0.25) is 0 Å². The van der Waals surface area contributed by atoms with Crippen LogP contribution in [0.1, 0.15) is 37.2 Å². The van der Waals surface area contributed by atoms with E-state index < -0.39 is 11.4 Å². The summed E-state index contributed by atoms with van der Waals surface area (Å²) in [6, 6.07) is 0. The highest BCUT2D eigenvalue weighted by atomic mass is 32.1. The molecule has 0 saturated carbocycles. The maximum absolute atomic E-state index is 11.6. The maximum Gasteiger partial charge on any atom is 0.311 e. The summed E-state index contributed by atoms with van der Waals surface area (Å²) in [5.41, 5.74) is -0.680. The molecule has 0 unspecified atom stereocenters. The van der Waals surface area contributed by atoms with Crippen LogP contribution in [0.4, 0.5) is 0 Å².